The SMILES string of the molecule is Cc1cccc2[nH]c(CC3CC4CCC(C3)N4C(=O)O)nc12. The fraction of sp³-hybridized carbons (Fsp3) is 0.529. The van der Waals surface area contributed by atoms with Crippen LogP contribution >= 0.6 is 0 Å². The Hall–Kier alpha value is -2.04. The Balaban J connectivity index is 1.52. The van der Waals surface area contributed by atoms with E-state index in [4.69, 9.17) is 4.98 Å². The fourth-order valence-corrected chi connectivity index (χ4v) is 4.37. The van der Waals surface area contributed by atoms with E-state index >= 15 is 0 Å². The largest absolute Gasteiger partial charge is 0.465 e. The monoisotopic (exact) mass is 299 g/mol. The van der Waals surface area contributed by atoms with Crippen LogP contribution in [0.25, 0.3) is 11.0 Å². The minimum atomic E-state index is -0.745. The number of H-pyrrole nitrogens is 1. The van der Waals surface area contributed by atoms with Crippen molar-refractivity contribution in [1.29, 1.82) is 0 Å². The maximum Gasteiger partial charge on any atom is 0.407 e. The first-order valence-corrected chi connectivity index (χ1v) is 8.07. The number of nitrogens with one attached hydrogen (secondary N) is 1. The number of carbonyl (C=O) groups is 1. The molecular formula is C17H21N3O2. The number of fused-ring (bicyclic) bond motifs is 3. The van der Waals surface area contributed by atoms with E-state index in [0.717, 1.165) is 49.0 Å². The Morgan fingerprint density at radius 1 is 1.36 bits per heavy atom. The lowest BCUT2D eigenvalue weighted by Crippen LogP contribution is -2.46. The lowest BCUT2D eigenvalue weighted by Gasteiger charge is -2.36. The van der Waals surface area contributed by atoms with E-state index in [-0.39, 0.29) is 12.1 Å². The summed E-state index contributed by atoms with van der Waals surface area (Å²) in [5.74, 6) is 1.58. The van der Waals surface area contributed by atoms with Gasteiger partial charge in [-0.1, -0.05) is 12.1 Å². The molecule has 1 aromatic carbocycles. The highest BCUT2D eigenvalue weighted by Crippen LogP contribution is 2.39. The number of amides is 1. The molecule has 2 aromatic rings. The van der Waals surface area contributed by atoms with Gasteiger partial charge >= 0.3 is 6.09 Å². The van der Waals surface area contributed by atoms with Crippen LogP contribution in [-0.4, -0.2) is 38.2 Å². The highest BCUT2D eigenvalue weighted by Gasteiger charge is 2.43. The number of hydrogen-bond acceptors (Lipinski definition) is 2. The predicted octanol–water partition coefficient (Wildman–Crippen LogP) is 3.33. The molecule has 2 aliphatic rings. The van der Waals surface area contributed by atoms with E-state index in [1.807, 2.05) is 6.07 Å². The van der Waals surface area contributed by atoms with Gasteiger partial charge in [-0.2, -0.15) is 0 Å². The average Bonchev–Trinajstić information content (AvgIpc) is 2.99. The number of rotatable bonds is 2. The summed E-state index contributed by atoms with van der Waals surface area (Å²) in [6.45, 7) is 2.08. The zero-order valence-corrected chi connectivity index (χ0v) is 12.7. The first-order valence-electron chi connectivity index (χ1n) is 8.07. The summed E-state index contributed by atoms with van der Waals surface area (Å²) in [4.78, 5) is 21.2. The second kappa shape index (κ2) is 5.00. The Morgan fingerprint density at radius 3 is 2.73 bits per heavy atom. The molecular weight excluding hydrogens is 278 g/mol. The van der Waals surface area contributed by atoms with Crippen LogP contribution in [0.4, 0.5) is 4.79 Å². The Morgan fingerprint density at radius 2 is 2.09 bits per heavy atom. The average molecular weight is 299 g/mol. The van der Waals surface area contributed by atoms with E-state index in [1.54, 1.807) is 4.90 Å². The van der Waals surface area contributed by atoms with Crippen LogP contribution in [0.5, 0.6) is 0 Å². The molecule has 0 spiro atoms. The second-order valence-corrected chi connectivity index (χ2v) is 6.77. The fourth-order valence-electron chi connectivity index (χ4n) is 4.37. The molecule has 5 nitrogen and oxygen atoms in total. The van der Waals surface area contributed by atoms with Gasteiger partial charge in [0.1, 0.15) is 5.82 Å². The molecule has 2 fully saturated rings. The molecule has 2 aliphatic heterocycles. The number of aryl methyl sites for hydroxylation is 1. The molecule has 1 aromatic heterocycles. The third-order valence-electron chi connectivity index (χ3n) is 5.30. The smallest absolute Gasteiger partial charge is 0.407 e. The van der Waals surface area contributed by atoms with Crippen LogP contribution in [0.2, 0.25) is 0 Å². The van der Waals surface area contributed by atoms with Crippen molar-refractivity contribution >= 4 is 17.1 Å². The molecule has 3 heterocycles. The van der Waals surface area contributed by atoms with Crippen LogP contribution in [0.1, 0.15) is 37.1 Å². The third kappa shape index (κ3) is 2.16. The zero-order valence-electron chi connectivity index (χ0n) is 12.7. The summed E-state index contributed by atoms with van der Waals surface area (Å²) in [5.41, 5.74) is 3.35. The van der Waals surface area contributed by atoms with Crippen molar-refractivity contribution in [2.24, 2.45) is 5.92 Å². The lowest BCUT2D eigenvalue weighted by molar-refractivity contribution is 0.0847. The van der Waals surface area contributed by atoms with Crippen molar-refractivity contribution in [3.05, 3.63) is 29.6 Å². The first kappa shape index (κ1) is 13.6. The normalized spacial score (nSPS) is 27.5. The molecule has 0 aliphatic carbocycles. The van der Waals surface area contributed by atoms with E-state index in [2.05, 4.69) is 24.0 Å². The second-order valence-electron chi connectivity index (χ2n) is 6.77. The van der Waals surface area contributed by atoms with Gasteiger partial charge in [0.15, 0.2) is 0 Å². The van der Waals surface area contributed by atoms with Gasteiger partial charge in [-0.25, -0.2) is 9.78 Å². The van der Waals surface area contributed by atoms with E-state index in [0.29, 0.717) is 5.92 Å². The molecule has 116 valence electrons. The standard InChI is InChI=1S/C17H21N3O2/c1-10-3-2-4-14-16(10)19-15(18-14)9-11-7-12-5-6-13(8-11)20(12)17(21)22/h2-4,11-13H,5-9H2,1H3,(H,18,19)(H,21,22). The molecule has 5 heteroatoms. The van der Waals surface area contributed by atoms with Crippen LogP contribution in [0, 0.1) is 12.8 Å². The zero-order chi connectivity index (χ0) is 15.3. The summed E-state index contributed by atoms with van der Waals surface area (Å²) in [5, 5.41) is 9.33. The third-order valence-corrected chi connectivity index (χ3v) is 5.30. The van der Waals surface area contributed by atoms with Crippen molar-refractivity contribution in [3.8, 4) is 0 Å². The number of aromatic nitrogens is 2. The number of piperidine rings is 1. The number of imidazole rings is 1. The van der Waals surface area contributed by atoms with Gasteiger partial charge in [-0.15, -0.1) is 0 Å². The van der Waals surface area contributed by atoms with Gasteiger partial charge in [0.2, 0.25) is 0 Å². The molecule has 2 N–H and O–H groups in total. The summed E-state index contributed by atoms with van der Waals surface area (Å²) in [7, 11) is 0. The van der Waals surface area contributed by atoms with Crippen molar-refractivity contribution in [2.75, 3.05) is 0 Å². The quantitative estimate of drug-likeness (QED) is 0.893. The summed E-state index contributed by atoms with van der Waals surface area (Å²) >= 11 is 0. The molecule has 22 heavy (non-hydrogen) atoms. The van der Waals surface area contributed by atoms with Crippen molar-refractivity contribution in [3.63, 3.8) is 0 Å². The number of aromatic amines is 1. The van der Waals surface area contributed by atoms with Crippen LogP contribution < -0.4 is 0 Å². The van der Waals surface area contributed by atoms with Gasteiger partial charge in [0.05, 0.1) is 11.0 Å². The molecule has 2 saturated heterocycles. The highest BCUT2D eigenvalue weighted by atomic mass is 16.4. The highest BCUT2D eigenvalue weighted by molar-refractivity contribution is 5.78. The molecule has 2 atom stereocenters. The minimum absolute atomic E-state index is 0.215. The predicted molar refractivity (Wildman–Crippen MR) is 83.9 cm³/mol. The minimum Gasteiger partial charge on any atom is -0.465 e. The summed E-state index contributed by atoms with van der Waals surface area (Å²) in [6.07, 6.45) is 4.16. The van der Waals surface area contributed by atoms with Crippen LogP contribution in [0.3, 0.4) is 0 Å². The molecule has 2 unspecified atom stereocenters. The molecule has 4 rings (SSSR count). The van der Waals surface area contributed by atoms with Crippen LogP contribution in [0.15, 0.2) is 18.2 Å². The van der Waals surface area contributed by atoms with E-state index < -0.39 is 6.09 Å². The van der Waals surface area contributed by atoms with Crippen molar-refractivity contribution in [1.82, 2.24) is 14.9 Å². The maximum atomic E-state index is 11.3. The van der Waals surface area contributed by atoms with E-state index in [1.165, 1.54) is 5.56 Å². The number of para-hydroxylation sites is 1. The van der Waals surface area contributed by atoms with E-state index in [9.17, 15) is 9.90 Å². The van der Waals surface area contributed by atoms with Crippen molar-refractivity contribution < 1.29 is 9.90 Å². The van der Waals surface area contributed by atoms with Gasteiger partial charge < -0.3 is 15.0 Å². The molecule has 0 radical (unpaired) electrons. The van der Waals surface area contributed by atoms with Gasteiger partial charge in [0, 0.05) is 18.5 Å². The molecule has 2 bridgehead atoms. The number of benzene rings is 1. The Labute approximate surface area is 129 Å². The number of nitrogens with zero attached hydrogens (tertiary/aromatic N) is 2. The molecule has 1 amide bonds. The summed E-state index contributed by atoms with van der Waals surface area (Å²) in [6, 6.07) is 6.62. The van der Waals surface area contributed by atoms with Gasteiger partial charge in [-0.05, 0) is 50.2 Å². The Kier molecular flexibility index (Phi) is 3.10. The lowest BCUT2D eigenvalue weighted by atomic mass is 9.88. The number of carboxylic acid groups (broad SMARTS) is 1. The molecule has 0 saturated carbocycles. The first-order chi connectivity index (χ1) is 10.6. The Bertz CT molecular complexity index is 710. The van der Waals surface area contributed by atoms with Crippen LogP contribution in [-0.2, 0) is 6.42 Å². The summed E-state index contributed by atoms with van der Waals surface area (Å²) < 4.78 is 0. The maximum absolute atomic E-state index is 11.3. The van der Waals surface area contributed by atoms with Crippen molar-refractivity contribution in [2.45, 2.75) is 51.1 Å². The number of hydrogen-bond donors (Lipinski definition) is 2. The van der Waals surface area contributed by atoms with Gasteiger partial charge in [-0.3, -0.25) is 0 Å². The van der Waals surface area contributed by atoms with Gasteiger partial charge in [0.25, 0.3) is 0 Å². The topological polar surface area (TPSA) is 69.2 Å².